The van der Waals surface area contributed by atoms with E-state index in [2.05, 4.69) is 21.6 Å². The number of nitrogens with zero attached hydrogens (tertiary/aromatic N) is 3. The number of hydrogen-bond donors (Lipinski definition) is 2. The minimum absolute atomic E-state index is 0.0966. The lowest BCUT2D eigenvalue weighted by Gasteiger charge is -2.22. The summed E-state index contributed by atoms with van der Waals surface area (Å²) in [5, 5.41) is 21.0. The van der Waals surface area contributed by atoms with Crippen LogP contribution in [0.1, 0.15) is 51.0 Å². The molecule has 0 bridgehead atoms. The lowest BCUT2D eigenvalue weighted by atomic mass is 10.00. The molecule has 2 atom stereocenters. The van der Waals surface area contributed by atoms with Crippen molar-refractivity contribution < 1.29 is 0 Å². The fourth-order valence-electron chi connectivity index (χ4n) is 3.16. The van der Waals surface area contributed by atoms with Crippen molar-refractivity contribution in [3.8, 4) is 6.07 Å². The first-order valence-corrected chi connectivity index (χ1v) is 8.60. The highest BCUT2D eigenvalue weighted by Crippen LogP contribution is 2.43. The van der Waals surface area contributed by atoms with E-state index in [0.29, 0.717) is 17.3 Å². The number of H-pyrrole nitrogens is 1. The second-order valence-electron chi connectivity index (χ2n) is 6.51. The zero-order valence-corrected chi connectivity index (χ0v) is 12.7. The number of aromatic amines is 1. The monoisotopic (exact) mass is 305 g/mol. The highest BCUT2D eigenvalue weighted by Gasteiger charge is 2.43. The van der Waals surface area contributed by atoms with Crippen molar-refractivity contribution in [3.63, 3.8) is 0 Å². The summed E-state index contributed by atoms with van der Waals surface area (Å²) in [6.45, 7) is 0. The van der Waals surface area contributed by atoms with Crippen LogP contribution in [0.5, 0.6) is 0 Å². The number of aromatic nitrogens is 3. The molecule has 3 aliphatic carbocycles. The standard InChI is InChI=1S/C14H19N5OS/c15-8-14(16-9-1-2-9)6-5-11(7-14)21-13-18-17-12(20)19(13)10-3-4-10/h9-11,16H,1-7H2,(H,17,20). The molecule has 0 radical (unpaired) electrons. The summed E-state index contributed by atoms with van der Waals surface area (Å²) in [5.41, 5.74) is -0.458. The zero-order valence-electron chi connectivity index (χ0n) is 11.8. The van der Waals surface area contributed by atoms with Gasteiger partial charge in [-0.15, -0.1) is 5.10 Å². The summed E-state index contributed by atoms with van der Waals surface area (Å²) in [5.74, 6) is 0. The summed E-state index contributed by atoms with van der Waals surface area (Å²) in [4.78, 5) is 11.8. The van der Waals surface area contributed by atoms with Gasteiger partial charge in [0.25, 0.3) is 0 Å². The molecule has 3 fully saturated rings. The highest BCUT2D eigenvalue weighted by atomic mass is 32.2. The molecule has 2 unspecified atom stereocenters. The number of thioether (sulfide) groups is 1. The summed E-state index contributed by atoms with van der Waals surface area (Å²) in [6.07, 6.45) is 7.28. The van der Waals surface area contributed by atoms with E-state index >= 15 is 0 Å². The van der Waals surface area contributed by atoms with Gasteiger partial charge in [0.1, 0.15) is 5.54 Å². The van der Waals surface area contributed by atoms with Gasteiger partial charge in [0.2, 0.25) is 0 Å². The second-order valence-corrected chi connectivity index (χ2v) is 7.78. The van der Waals surface area contributed by atoms with Crippen molar-refractivity contribution in [2.45, 2.75) is 73.0 Å². The predicted molar refractivity (Wildman–Crippen MR) is 79.1 cm³/mol. The number of nitriles is 1. The summed E-state index contributed by atoms with van der Waals surface area (Å²) >= 11 is 1.66. The average Bonchev–Trinajstić information content (AvgIpc) is 3.39. The summed E-state index contributed by atoms with van der Waals surface area (Å²) in [7, 11) is 0. The van der Waals surface area contributed by atoms with Crippen LogP contribution in [-0.4, -0.2) is 31.6 Å². The molecule has 0 amide bonds. The van der Waals surface area contributed by atoms with Crippen molar-refractivity contribution in [1.29, 1.82) is 5.26 Å². The van der Waals surface area contributed by atoms with Crippen LogP contribution >= 0.6 is 11.8 Å². The molecular weight excluding hydrogens is 286 g/mol. The molecule has 1 aromatic heterocycles. The maximum absolute atomic E-state index is 11.8. The van der Waals surface area contributed by atoms with Crippen molar-refractivity contribution >= 4 is 11.8 Å². The van der Waals surface area contributed by atoms with Crippen molar-refractivity contribution in [3.05, 3.63) is 10.5 Å². The minimum Gasteiger partial charge on any atom is -0.297 e. The van der Waals surface area contributed by atoms with Crippen LogP contribution in [-0.2, 0) is 0 Å². The Balaban J connectivity index is 1.46. The van der Waals surface area contributed by atoms with Gasteiger partial charge in [0.05, 0.1) is 6.07 Å². The van der Waals surface area contributed by atoms with Crippen LogP contribution in [0, 0.1) is 11.3 Å². The Morgan fingerprint density at radius 2 is 2.19 bits per heavy atom. The van der Waals surface area contributed by atoms with Gasteiger partial charge in [-0.2, -0.15) is 5.26 Å². The molecular formula is C14H19N5OS. The van der Waals surface area contributed by atoms with Crippen molar-refractivity contribution in [1.82, 2.24) is 20.1 Å². The van der Waals surface area contributed by atoms with E-state index in [9.17, 15) is 10.1 Å². The zero-order chi connectivity index (χ0) is 14.4. The second kappa shape index (κ2) is 4.89. The van der Waals surface area contributed by atoms with Gasteiger partial charge >= 0.3 is 5.69 Å². The topological polar surface area (TPSA) is 86.5 Å². The minimum atomic E-state index is -0.361. The van der Waals surface area contributed by atoms with Crippen LogP contribution in [0.2, 0.25) is 0 Å². The van der Waals surface area contributed by atoms with Crippen LogP contribution in [0.4, 0.5) is 0 Å². The van der Waals surface area contributed by atoms with Gasteiger partial charge in [-0.3, -0.25) is 9.88 Å². The lowest BCUT2D eigenvalue weighted by molar-refractivity contribution is 0.420. The maximum atomic E-state index is 11.8. The average molecular weight is 305 g/mol. The molecule has 7 heteroatoms. The number of hydrogen-bond acceptors (Lipinski definition) is 5. The molecule has 0 aliphatic heterocycles. The Bertz CT molecular complexity index is 639. The van der Waals surface area contributed by atoms with E-state index in [1.165, 1.54) is 12.8 Å². The van der Waals surface area contributed by atoms with Crippen LogP contribution in [0.25, 0.3) is 0 Å². The molecule has 112 valence electrons. The van der Waals surface area contributed by atoms with Gasteiger partial charge in [-0.1, -0.05) is 11.8 Å². The smallest absolute Gasteiger partial charge is 0.297 e. The number of nitrogens with one attached hydrogen (secondary N) is 2. The maximum Gasteiger partial charge on any atom is 0.344 e. The first-order chi connectivity index (χ1) is 10.2. The molecule has 4 rings (SSSR count). The predicted octanol–water partition coefficient (Wildman–Crippen LogP) is 1.57. The Morgan fingerprint density at radius 1 is 1.38 bits per heavy atom. The molecule has 21 heavy (non-hydrogen) atoms. The normalized spacial score (nSPS) is 32.2. The van der Waals surface area contributed by atoms with Crippen LogP contribution in [0.3, 0.4) is 0 Å². The van der Waals surface area contributed by atoms with E-state index < -0.39 is 0 Å². The third-order valence-electron chi connectivity index (χ3n) is 4.60. The first kappa shape index (κ1) is 13.4. The first-order valence-electron chi connectivity index (χ1n) is 7.72. The quantitative estimate of drug-likeness (QED) is 0.862. The fourth-order valence-corrected chi connectivity index (χ4v) is 4.51. The summed E-state index contributed by atoms with van der Waals surface area (Å²) < 4.78 is 1.80. The van der Waals surface area contributed by atoms with Gasteiger partial charge in [-0.05, 0) is 44.9 Å². The Morgan fingerprint density at radius 3 is 2.86 bits per heavy atom. The highest BCUT2D eigenvalue weighted by molar-refractivity contribution is 7.99. The SMILES string of the molecule is N#CC1(NC2CC2)CCC(Sc2n[nH]c(=O)n2C2CC2)C1. The van der Waals surface area contributed by atoms with E-state index in [4.69, 9.17) is 0 Å². The van der Waals surface area contributed by atoms with E-state index in [-0.39, 0.29) is 11.2 Å². The Hall–Kier alpha value is -1.26. The molecule has 3 aliphatic rings. The molecule has 3 saturated carbocycles. The van der Waals surface area contributed by atoms with Crippen LogP contribution in [0.15, 0.2) is 9.95 Å². The largest absolute Gasteiger partial charge is 0.344 e. The Labute approximate surface area is 127 Å². The fraction of sp³-hybridized carbons (Fsp3) is 0.786. The molecule has 0 spiro atoms. The molecule has 2 N–H and O–H groups in total. The van der Waals surface area contributed by atoms with Gasteiger partial charge < -0.3 is 0 Å². The number of rotatable bonds is 5. The molecule has 1 aromatic rings. The molecule has 0 saturated heterocycles. The van der Waals surface area contributed by atoms with Gasteiger partial charge in [0.15, 0.2) is 5.16 Å². The molecule has 6 nitrogen and oxygen atoms in total. The van der Waals surface area contributed by atoms with Crippen molar-refractivity contribution in [2.75, 3.05) is 0 Å². The third kappa shape index (κ3) is 2.62. The third-order valence-corrected chi connectivity index (χ3v) is 5.83. The molecule has 0 aromatic carbocycles. The Kier molecular flexibility index (Phi) is 3.12. The van der Waals surface area contributed by atoms with E-state index in [1.807, 2.05) is 0 Å². The van der Waals surface area contributed by atoms with E-state index in [0.717, 1.165) is 37.3 Å². The van der Waals surface area contributed by atoms with Crippen molar-refractivity contribution in [2.24, 2.45) is 0 Å². The van der Waals surface area contributed by atoms with Gasteiger partial charge in [-0.25, -0.2) is 9.89 Å². The lowest BCUT2D eigenvalue weighted by Crippen LogP contribution is -2.43. The van der Waals surface area contributed by atoms with Gasteiger partial charge in [0, 0.05) is 17.3 Å². The molecule has 1 heterocycles. The van der Waals surface area contributed by atoms with E-state index in [1.54, 1.807) is 16.3 Å². The summed E-state index contributed by atoms with van der Waals surface area (Å²) in [6, 6.07) is 3.38. The van der Waals surface area contributed by atoms with Crippen LogP contribution < -0.4 is 11.0 Å².